The van der Waals surface area contributed by atoms with Crippen molar-refractivity contribution in [2.45, 2.75) is 224 Å². The van der Waals surface area contributed by atoms with Crippen molar-refractivity contribution >= 4 is 135 Å². The van der Waals surface area contributed by atoms with Gasteiger partial charge in [0, 0.05) is 139 Å². The second kappa shape index (κ2) is 40.2. The molecule has 31 nitrogen and oxygen atoms in total. The van der Waals surface area contributed by atoms with Gasteiger partial charge in [-0.05, 0) is 180 Å². The molecule has 0 spiro atoms. The molecule has 9 aliphatic heterocycles. The lowest BCUT2D eigenvalue weighted by atomic mass is 9.89. The number of likely N-dealkylation sites (N-methyl/N-ethyl adjacent to an activating group) is 1. The monoisotopic (exact) mass is 1880 g/mol. The average molecular weight is 1880 g/mol. The molecule has 1 amide bonds. The van der Waals surface area contributed by atoms with Gasteiger partial charge in [-0.2, -0.15) is 19.9 Å². The Labute approximate surface area is 780 Å². The van der Waals surface area contributed by atoms with E-state index < -0.39 is 43.2 Å². The van der Waals surface area contributed by atoms with Crippen molar-refractivity contribution in [2.75, 3.05) is 164 Å². The number of rotatable bonds is 21. The predicted octanol–water partition coefficient (Wildman–Crippen LogP) is 12.7. The number of anilines is 8. The Morgan fingerprint density at radius 3 is 1.29 bits per heavy atom. The summed E-state index contributed by atoms with van der Waals surface area (Å²) in [4.78, 5) is 85.2. The molecular weight excluding hydrogens is 1760 g/mol. The van der Waals surface area contributed by atoms with Crippen molar-refractivity contribution in [3.63, 3.8) is 0 Å². The number of benzene rings is 4. The van der Waals surface area contributed by atoms with Gasteiger partial charge in [0.15, 0.2) is 11.5 Å². The smallest absolute Gasteiger partial charge is 0.337 e. The molecule has 8 fully saturated rings. The highest BCUT2D eigenvalue weighted by Gasteiger charge is 2.47. The lowest BCUT2D eigenvalue weighted by Gasteiger charge is -2.33. The highest BCUT2D eigenvalue weighted by Crippen LogP contribution is 2.47. The molecule has 36 heteroatoms. The molecule has 131 heavy (non-hydrogen) atoms. The highest BCUT2D eigenvalue weighted by molar-refractivity contribution is 7.86. The molecule has 12 aliphatic rings. The van der Waals surface area contributed by atoms with Gasteiger partial charge in [0.2, 0.25) is 29.7 Å². The van der Waals surface area contributed by atoms with E-state index in [1.807, 2.05) is 79.0 Å². The molecule has 0 radical (unpaired) electrons. The second-order valence-electron chi connectivity index (χ2n) is 36.1. The summed E-state index contributed by atoms with van der Waals surface area (Å²) in [6.07, 6.45) is 17.4. The fourth-order valence-corrected chi connectivity index (χ4v) is 25.2. The number of aliphatic hydroxyl groups excluding tert-OH is 3. The fourth-order valence-electron chi connectivity index (χ4n) is 18.8. The third-order valence-corrected chi connectivity index (χ3v) is 34.4. The number of fused-ring (bicyclic) bond motifs is 6. The van der Waals surface area contributed by atoms with Crippen LogP contribution < -0.4 is 45.6 Å². The van der Waals surface area contributed by atoms with Crippen LogP contribution in [0.2, 0.25) is 0 Å². The number of methoxy groups -OCH3 is 2. The number of ether oxygens (including phenoxy) is 2. The highest BCUT2D eigenvalue weighted by atomic mass is 32.2. The number of hydrogen-bond acceptors (Lipinski definition) is 31. The van der Waals surface area contributed by atoms with Crippen LogP contribution in [0.25, 0.3) is 21.3 Å². The van der Waals surface area contributed by atoms with Gasteiger partial charge in [0.25, 0.3) is 0 Å². The summed E-state index contributed by atoms with van der Waals surface area (Å²) in [5, 5.41) is 44.1. The first-order valence-corrected chi connectivity index (χ1v) is 51.2. The molecule has 22 rings (SSSR count). The van der Waals surface area contributed by atoms with Crippen LogP contribution in [-0.2, 0) is 78.4 Å². The van der Waals surface area contributed by atoms with Gasteiger partial charge >= 0.3 is 5.97 Å². The summed E-state index contributed by atoms with van der Waals surface area (Å²) in [6.45, 7) is 9.75. The van der Waals surface area contributed by atoms with Gasteiger partial charge in [-0.25, -0.2) is 34.7 Å². The minimum atomic E-state index is -1.09. The third-order valence-electron chi connectivity index (χ3n) is 27.4. The third kappa shape index (κ3) is 20.5. The normalized spacial score (nSPS) is 22.1. The molecule has 5 atom stereocenters. The van der Waals surface area contributed by atoms with E-state index in [0.29, 0.717) is 112 Å². The number of esters is 1. The van der Waals surface area contributed by atoms with Gasteiger partial charge < -0.3 is 75.0 Å². The van der Waals surface area contributed by atoms with Crippen molar-refractivity contribution in [3.05, 3.63) is 147 Å². The number of hydrogen-bond donors (Lipinski definition) is 7. The Balaban J connectivity index is 0.000000127. The number of para-hydroxylation sites is 2. The number of carbonyl (C=O) groups excluding carboxylic acids is 2. The van der Waals surface area contributed by atoms with E-state index in [2.05, 4.69) is 78.1 Å². The first-order chi connectivity index (χ1) is 62.2. The van der Waals surface area contributed by atoms with Gasteiger partial charge in [-0.15, -0.1) is 11.3 Å². The van der Waals surface area contributed by atoms with Crippen molar-refractivity contribution in [2.24, 2.45) is 0 Å². The molecule has 7 N–H and O–H groups in total. The number of aromatic nitrogens is 10. The van der Waals surface area contributed by atoms with E-state index in [-0.39, 0.29) is 82.6 Å². The quantitative estimate of drug-likeness (QED) is 0.0329. The minimum absolute atomic E-state index is 0. The van der Waals surface area contributed by atoms with E-state index in [1.165, 1.54) is 33.5 Å². The van der Waals surface area contributed by atoms with Crippen LogP contribution in [0.1, 0.15) is 209 Å². The Morgan fingerprint density at radius 1 is 0.481 bits per heavy atom. The summed E-state index contributed by atoms with van der Waals surface area (Å²) in [6, 6.07) is 30.5. The molecular formula is C95H123N19O12S5. The number of oxazole rings is 1. The van der Waals surface area contributed by atoms with Crippen molar-refractivity contribution in [3.8, 4) is 5.75 Å². The second-order valence-corrected chi connectivity index (χ2v) is 43.2. The first-order valence-electron chi connectivity index (χ1n) is 45.1. The molecule has 700 valence electrons. The Hall–Kier alpha value is -9.82. The van der Waals surface area contributed by atoms with E-state index in [4.69, 9.17) is 63.7 Å². The Morgan fingerprint density at radius 2 is 0.885 bits per heavy atom. The average Bonchev–Trinajstić information content (AvgIpc) is 1.83. The molecule has 4 unspecified atom stereocenters. The van der Waals surface area contributed by atoms with Gasteiger partial charge in [0.05, 0.1) is 137 Å². The molecule has 5 saturated heterocycles. The maximum absolute atomic E-state index is 12.7. The SMILES string of the molecule is C.C.C.CN1C[C@@H](Nc2nc(N3CCC(c4nc5ccccc5o4)CC3)nc3c2S(=O)CC3)CCC1=O.COC(=O)c1ccc(C2CCN(c3nc4c(c(NC5(CO)CC5)n3)S(=O)CC4)CC2)cc1.COc1ccc(C2CCN(c3nc4c(c(NC5(CO)CC5)n3)S(=O)CC4)CC2)cc1.Cc1ccc2sc(C3CCN(c4nc5c(c(NC6(CO)CC6)n4)S(=O)CC5)CC3)nc2c1. The van der Waals surface area contributed by atoms with Crippen LogP contribution in [0.5, 0.6) is 5.75 Å². The molecule has 0 bridgehead atoms. The van der Waals surface area contributed by atoms with Crippen molar-refractivity contribution < 1.29 is 55.6 Å². The number of amides is 1. The van der Waals surface area contributed by atoms with E-state index >= 15 is 0 Å². The van der Waals surface area contributed by atoms with Crippen molar-refractivity contribution in [1.82, 2.24) is 54.7 Å². The molecule has 15 heterocycles. The standard InChI is InChI=1S/C24H28N6O3S.C23H27N5O2S2.C23H28N4O4S.C22H28N4O3S.3CH4/c1-29-14-16(6-7-20(29)31)25-22-21-18(10-13-34(21)32)27-24(28-22)30-11-8-15(9-12-30)23-26-17-4-2-3-5-19(17)33-23;1-14-2-3-18-17(12-14)24-21(31-18)15-4-9-28(10-5-15)22-25-16-6-11-32(30)19(16)20(26-22)27-23(13-29)7-8-23;1-31-21(29)17-4-2-15(3-5-17)16-6-11-27(12-7-16)22-24-18-8-13-32(30)19(18)20(25-22)26-23(14-28)9-10-23;1-29-17-4-2-15(3-5-17)16-6-11-26(12-7-16)21-23-18-8-13-30(28)19(18)20(24-21)25-22(14-27)9-10-22;;;/h2-5,15-16H,6-14H2,1H3,(H,25,27,28);2-3,12,15,29H,4-11,13H2,1H3,(H,25,26,27);2-5,16,28H,6-14H2,1H3,(H,24,25,26);2-5,16,27H,6-14H2,1H3,(H,23,24,25);3*1H4/t16-,34?;;;;;;/m0....../s1. The van der Waals surface area contributed by atoms with Crippen molar-refractivity contribution in [1.29, 1.82) is 0 Å². The minimum Gasteiger partial charge on any atom is -0.497 e. The Bertz CT molecular complexity index is 5870. The van der Waals surface area contributed by atoms with Gasteiger partial charge in [0.1, 0.15) is 54.1 Å². The van der Waals surface area contributed by atoms with Crippen LogP contribution in [0.3, 0.4) is 0 Å². The molecule has 10 aromatic rings. The number of carbonyl (C=O) groups is 2. The number of aliphatic hydroxyl groups is 3. The number of nitrogens with one attached hydrogen (secondary N) is 4. The van der Waals surface area contributed by atoms with Crippen LogP contribution >= 0.6 is 11.3 Å². The topological polar surface area (TPSA) is 388 Å². The van der Waals surface area contributed by atoms with Crippen LogP contribution in [0.4, 0.5) is 47.1 Å². The summed E-state index contributed by atoms with van der Waals surface area (Å²) >= 11 is 1.82. The molecule has 3 saturated carbocycles. The summed E-state index contributed by atoms with van der Waals surface area (Å²) in [5.74, 6) is 11.0. The van der Waals surface area contributed by atoms with Gasteiger partial charge in [-0.3, -0.25) is 21.6 Å². The van der Waals surface area contributed by atoms with Crippen LogP contribution in [0.15, 0.2) is 115 Å². The zero-order valence-electron chi connectivity index (χ0n) is 72.8. The lowest BCUT2D eigenvalue weighted by Crippen LogP contribution is -2.43. The number of likely N-dealkylation sites (tertiary alicyclic amines) is 1. The lowest BCUT2D eigenvalue weighted by molar-refractivity contribution is -0.132. The molecule has 6 aromatic heterocycles. The van der Waals surface area contributed by atoms with Crippen LogP contribution in [-0.4, -0.2) is 244 Å². The maximum atomic E-state index is 12.7. The van der Waals surface area contributed by atoms with E-state index in [9.17, 15) is 41.7 Å². The largest absolute Gasteiger partial charge is 0.497 e. The molecule has 3 aliphatic carbocycles. The van der Waals surface area contributed by atoms with Gasteiger partial charge in [-0.1, -0.05) is 64.7 Å². The van der Waals surface area contributed by atoms with E-state index in [0.717, 1.165) is 239 Å². The number of thiazole rings is 1. The summed E-state index contributed by atoms with van der Waals surface area (Å²) < 4.78 is 67.6. The first kappa shape index (κ1) is 94.4. The number of piperidine rings is 5. The zero-order chi connectivity index (χ0) is 88.1. The fraction of sp³-hybridized carbons (Fsp3) is 0.537. The predicted molar refractivity (Wildman–Crippen MR) is 516 cm³/mol. The number of nitrogens with zero attached hydrogens (tertiary/aromatic N) is 15. The summed E-state index contributed by atoms with van der Waals surface area (Å²) in [7, 11) is 0.596. The Kier molecular flexibility index (Phi) is 28.9. The maximum Gasteiger partial charge on any atom is 0.337 e. The number of aryl methyl sites for hydroxylation is 5. The van der Waals surface area contributed by atoms with E-state index in [1.54, 1.807) is 12.0 Å². The molecule has 4 aromatic carbocycles. The summed E-state index contributed by atoms with van der Waals surface area (Å²) in [5.41, 5.74) is 9.85. The zero-order valence-corrected chi connectivity index (χ0v) is 76.9. The van der Waals surface area contributed by atoms with Crippen LogP contribution in [0, 0.1) is 6.92 Å².